The first-order valence-electron chi connectivity index (χ1n) is 7.54. The molecule has 1 aliphatic carbocycles. The van der Waals surface area contributed by atoms with Crippen molar-refractivity contribution in [2.24, 2.45) is 10.4 Å². The van der Waals surface area contributed by atoms with Gasteiger partial charge in [0.15, 0.2) is 11.8 Å². The Labute approximate surface area is 144 Å². The van der Waals surface area contributed by atoms with Crippen molar-refractivity contribution < 1.29 is 0 Å². The summed E-state index contributed by atoms with van der Waals surface area (Å²) in [6, 6.07) is 0. The van der Waals surface area contributed by atoms with E-state index in [0.29, 0.717) is 12.0 Å². The van der Waals surface area contributed by atoms with Crippen LogP contribution in [0.25, 0.3) is 0 Å². The lowest BCUT2D eigenvalue weighted by Crippen LogP contribution is -2.46. The second kappa shape index (κ2) is 8.55. The van der Waals surface area contributed by atoms with Gasteiger partial charge in [-0.25, -0.2) is 0 Å². The standard InChI is InChI=1S/C14H26N6.HI/c1-4-14(7-6-8-14)10-17-13(15-3)16-9-12-19-18-11-20(12)5-2;/h11H,4-10H2,1-3H3,(H2,15,16,17);1H. The van der Waals surface area contributed by atoms with Crippen molar-refractivity contribution in [2.75, 3.05) is 13.6 Å². The van der Waals surface area contributed by atoms with Crippen LogP contribution < -0.4 is 10.6 Å². The first-order chi connectivity index (χ1) is 9.73. The van der Waals surface area contributed by atoms with Crippen LogP contribution in [-0.2, 0) is 13.1 Å². The highest BCUT2D eigenvalue weighted by atomic mass is 127. The van der Waals surface area contributed by atoms with Crippen LogP contribution in [0.4, 0.5) is 0 Å². The van der Waals surface area contributed by atoms with E-state index in [1.807, 2.05) is 4.57 Å². The third kappa shape index (κ3) is 4.55. The molecule has 0 radical (unpaired) electrons. The molecular formula is C14H27IN6. The normalized spacial score (nSPS) is 16.8. The molecule has 0 amide bonds. The Morgan fingerprint density at radius 2 is 2.14 bits per heavy atom. The molecule has 7 heteroatoms. The Hall–Kier alpha value is -0.860. The van der Waals surface area contributed by atoms with Gasteiger partial charge in [-0.2, -0.15) is 0 Å². The van der Waals surface area contributed by atoms with E-state index in [-0.39, 0.29) is 24.0 Å². The zero-order valence-corrected chi connectivity index (χ0v) is 15.6. The second-order valence-electron chi connectivity index (χ2n) is 5.52. The Kier molecular flexibility index (Phi) is 7.41. The first kappa shape index (κ1) is 18.2. The molecule has 0 unspecified atom stereocenters. The van der Waals surface area contributed by atoms with Crippen molar-refractivity contribution in [3.05, 3.63) is 12.2 Å². The minimum Gasteiger partial charge on any atom is -0.356 e. The quantitative estimate of drug-likeness (QED) is 0.432. The lowest BCUT2D eigenvalue weighted by molar-refractivity contribution is 0.131. The van der Waals surface area contributed by atoms with Crippen LogP contribution in [0, 0.1) is 5.41 Å². The summed E-state index contributed by atoms with van der Waals surface area (Å²) in [4.78, 5) is 4.28. The summed E-state index contributed by atoms with van der Waals surface area (Å²) in [5.74, 6) is 1.78. The third-order valence-corrected chi connectivity index (χ3v) is 4.47. The summed E-state index contributed by atoms with van der Waals surface area (Å²) < 4.78 is 2.03. The monoisotopic (exact) mass is 406 g/mol. The van der Waals surface area contributed by atoms with Gasteiger partial charge in [0.25, 0.3) is 0 Å². The summed E-state index contributed by atoms with van der Waals surface area (Å²) >= 11 is 0. The topological polar surface area (TPSA) is 67.1 Å². The number of aryl methyl sites for hydroxylation is 1. The number of nitrogens with one attached hydrogen (secondary N) is 2. The summed E-state index contributed by atoms with van der Waals surface area (Å²) in [5, 5.41) is 14.8. The smallest absolute Gasteiger partial charge is 0.191 e. The van der Waals surface area contributed by atoms with Crippen LogP contribution in [0.5, 0.6) is 0 Å². The lowest BCUT2D eigenvalue weighted by atomic mass is 9.67. The van der Waals surface area contributed by atoms with Crippen LogP contribution >= 0.6 is 24.0 Å². The molecule has 0 aliphatic heterocycles. The molecule has 0 atom stereocenters. The van der Waals surface area contributed by atoms with Crippen LogP contribution in [0.1, 0.15) is 45.4 Å². The number of hydrogen-bond donors (Lipinski definition) is 2. The minimum absolute atomic E-state index is 0. The fourth-order valence-corrected chi connectivity index (χ4v) is 2.67. The summed E-state index contributed by atoms with van der Waals surface area (Å²) in [5.41, 5.74) is 0.487. The number of halogens is 1. The third-order valence-electron chi connectivity index (χ3n) is 4.47. The predicted molar refractivity (Wildman–Crippen MR) is 95.9 cm³/mol. The summed E-state index contributed by atoms with van der Waals surface area (Å²) in [6.07, 6.45) is 7.02. The van der Waals surface area contributed by atoms with E-state index >= 15 is 0 Å². The molecule has 2 rings (SSSR count). The molecule has 1 fully saturated rings. The molecule has 1 aromatic rings. The molecule has 120 valence electrons. The van der Waals surface area contributed by atoms with Crippen LogP contribution in [0.2, 0.25) is 0 Å². The number of guanidine groups is 1. The van der Waals surface area contributed by atoms with Crippen molar-refractivity contribution in [1.29, 1.82) is 0 Å². The molecule has 1 heterocycles. The number of hydrogen-bond acceptors (Lipinski definition) is 3. The van der Waals surface area contributed by atoms with Crippen molar-refractivity contribution in [3.8, 4) is 0 Å². The lowest BCUT2D eigenvalue weighted by Gasteiger charge is -2.41. The molecule has 0 bridgehead atoms. The van der Waals surface area contributed by atoms with Crippen molar-refractivity contribution in [2.45, 2.75) is 52.6 Å². The zero-order valence-electron chi connectivity index (χ0n) is 13.2. The van der Waals surface area contributed by atoms with E-state index in [1.165, 1.54) is 25.7 Å². The molecule has 1 saturated carbocycles. The van der Waals surface area contributed by atoms with Gasteiger partial charge in [-0.3, -0.25) is 4.99 Å². The Bertz CT molecular complexity index is 447. The largest absolute Gasteiger partial charge is 0.356 e. The Morgan fingerprint density at radius 1 is 1.38 bits per heavy atom. The molecule has 21 heavy (non-hydrogen) atoms. The van der Waals surface area contributed by atoms with Gasteiger partial charge < -0.3 is 15.2 Å². The van der Waals surface area contributed by atoms with Crippen molar-refractivity contribution in [1.82, 2.24) is 25.4 Å². The van der Waals surface area contributed by atoms with E-state index in [4.69, 9.17) is 0 Å². The molecular weight excluding hydrogens is 379 g/mol. The van der Waals surface area contributed by atoms with Crippen LogP contribution in [-0.4, -0.2) is 34.3 Å². The van der Waals surface area contributed by atoms with E-state index in [2.05, 4.69) is 39.7 Å². The van der Waals surface area contributed by atoms with Gasteiger partial charge in [0, 0.05) is 20.1 Å². The van der Waals surface area contributed by atoms with Crippen LogP contribution in [0.15, 0.2) is 11.3 Å². The Balaban J connectivity index is 0.00000220. The highest BCUT2D eigenvalue weighted by molar-refractivity contribution is 14.0. The fraction of sp³-hybridized carbons (Fsp3) is 0.786. The first-order valence-corrected chi connectivity index (χ1v) is 7.54. The maximum atomic E-state index is 4.28. The molecule has 6 nitrogen and oxygen atoms in total. The van der Waals surface area contributed by atoms with Crippen molar-refractivity contribution in [3.63, 3.8) is 0 Å². The predicted octanol–water partition coefficient (Wildman–Crippen LogP) is 2.16. The van der Waals surface area contributed by atoms with Gasteiger partial charge in [-0.15, -0.1) is 34.2 Å². The molecule has 0 saturated heterocycles. The Morgan fingerprint density at radius 3 is 2.67 bits per heavy atom. The molecule has 0 spiro atoms. The van der Waals surface area contributed by atoms with Crippen LogP contribution in [0.3, 0.4) is 0 Å². The highest BCUT2D eigenvalue weighted by Gasteiger charge is 2.34. The molecule has 1 aliphatic rings. The minimum atomic E-state index is 0. The average Bonchev–Trinajstić information content (AvgIpc) is 2.88. The SMILES string of the molecule is CCn1cnnc1CNC(=NC)NCC1(CC)CCC1.I. The van der Waals surface area contributed by atoms with E-state index < -0.39 is 0 Å². The molecule has 1 aromatic heterocycles. The zero-order chi connectivity index (χ0) is 14.4. The van der Waals surface area contributed by atoms with Gasteiger partial charge >= 0.3 is 0 Å². The van der Waals surface area contributed by atoms with E-state index in [0.717, 1.165) is 24.9 Å². The van der Waals surface area contributed by atoms with Gasteiger partial charge in [0.1, 0.15) is 6.33 Å². The van der Waals surface area contributed by atoms with Crippen molar-refractivity contribution >= 4 is 29.9 Å². The van der Waals surface area contributed by atoms with Gasteiger partial charge in [0.05, 0.1) is 6.54 Å². The van der Waals surface area contributed by atoms with Gasteiger partial charge in [-0.1, -0.05) is 13.3 Å². The van der Waals surface area contributed by atoms with E-state index in [1.54, 1.807) is 13.4 Å². The van der Waals surface area contributed by atoms with Gasteiger partial charge in [-0.05, 0) is 31.6 Å². The number of nitrogens with zero attached hydrogens (tertiary/aromatic N) is 4. The number of rotatable bonds is 6. The maximum Gasteiger partial charge on any atom is 0.191 e. The van der Waals surface area contributed by atoms with E-state index in [9.17, 15) is 0 Å². The highest BCUT2D eigenvalue weighted by Crippen LogP contribution is 2.42. The van der Waals surface area contributed by atoms with Gasteiger partial charge in [0.2, 0.25) is 0 Å². The summed E-state index contributed by atoms with van der Waals surface area (Å²) in [7, 11) is 1.80. The second-order valence-corrected chi connectivity index (χ2v) is 5.52. The molecule has 0 aromatic carbocycles. The molecule has 2 N–H and O–H groups in total. The number of aromatic nitrogens is 3. The average molecular weight is 406 g/mol. The summed E-state index contributed by atoms with van der Waals surface area (Å²) in [6.45, 7) is 6.90. The number of aliphatic imine (C=N–C) groups is 1. The fourth-order valence-electron chi connectivity index (χ4n) is 2.67. The maximum absolute atomic E-state index is 4.28.